The number of sulfonamides is 1. The van der Waals surface area contributed by atoms with Gasteiger partial charge in [0.1, 0.15) is 0 Å². The second-order valence-corrected chi connectivity index (χ2v) is 7.83. The molecule has 0 aliphatic heterocycles. The summed E-state index contributed by atoms with van der Waals surface area (Å²) in [6.07, 6.45) is 1.56. The number of H-pyrrole nitrogens is 1. The molecule has 0 aliphatic carbocycles. The van der Waals surface area contributed by atoms with Crippen LogP contribution in [0, 0.1) is 0 Å². The summed E-state index contributed by atoms with van der Waals surface area (Å²) in [6, 6.07) is 5.40. The monoisotopic (exact) mass is 327 g/mol. The Hall–Kier alpha value is -1.15. The molecule has 0 aliphatic rings. The van der Waals surface area contributed by atoms with Crippen LogP contribution in [0.3, 0.4) is 0 Å². The number of nitrogens with one attached hydrogen (secondary N) is 2. The summed E-state index contributed by atoms with van der Waals surface area (Å²) in [5.41, 5.74) is 0.868. The third-order valence-corrected chi connectivity index (χ3v) is 6.41. The van der Waals surface area contributed by atoms with E-state index in [2.05, 4.69) is 10.3 Å². The van der Waals surface area contributed by atoms with E-state index in [1.165, 1.54) is 4.31 Å². The molecule has 0 fully saturated rings. The minimum Gasteiger partial charge on any atom is -0.363 e. The summed E-state index contributed by atoms with van der Waals surface area (Å²) >= 11 is 1.56. The van der Waals surface area contributed by atoms with Crippen molar-refractivity contribution in [3.05, 3.63) is 40.3 Å². The zero-order valence-corrected chi connectivity index (χ0v) is 14.1. The SMILES string of the molecule is CCNCc1cc(S(=O)(=O)N(C)C(C)c2cccs2)c[nH]1. The van der Waals surface area contributed by atoms with Gasteiger partial charge in [-0.1, -0.05) is 13.0 Å². The van der Waals surface area contributed by atoms with E-state index in [1.54, 1.807) is 30.6 Å². The third kappa shape index (κ3) is 3.55. The Morgan fingerprint density at radius 2 is 2.24 bits per heavy atom. The number of aromatic nitrogens is 1. The van der Waals surface area contributed by atoms with E-state index in [-0.39, 0.29) is 6.04 Å². The average molecular weight is 327 g/mol. The summed E-state index contributed by atoms with van der Waals surface area (Å²) < 4.78 is 26.7. The first-order chi connectivity index (χ1) is 9.96. The minimum atomic E-state index is -3.49. The topological polar surface area (TPSA) is 65.2 Å². The van der Waals surface area contributed by atoms with Crippen molar-refractivity contribution in [1.29, 1.82) is 0 Å². The Morgan fingerprint density at radius 1 is 1.48 bits per heavy atom. The lowest BCUT2D eigenvalue weighted by molar-refractivity contribution is 0.403. The van der Waals surface area contributed by atoms with Gasteiger partial charge in [-0.25, -0.2) is 8.42 Å². The van der Waals surface area contributed by atoms with E-state index < -0.39 is 10.0 Å². The van der Waals surface area contributed by atoms with E-state index >= 15 is 0 Å². The normalized spacial score (nSPS) is 13.7. The van der Waals surface area contributed by atoms with Crippen molar-refractivity contribution in [2.45, 2.75) is 31.3 Å². The molecule has 0 bridgehead atoms. The molecule has 5 nitrogen and oxygen atoms in total. The maximum absolute atomic E-state index is 12.6. The molecule has 0 saturated heterocycles. The molecular formula is C14H21N3O2S2. The lowest BCUT2D eigenvalue weighted by Gasteiger charge is -2.22. The van der Waals surface area contributed by atoms with Crippen LogP contribution in [0.1, 0.15) is 30.5 Å². The Labute approximate surface area is 130 Å². The van der Waals surface area contributed by atoms with Gasteiger partial charge in [0.05, 0.1) is 10.9 Å². The van der Waals surface area contributed by atoms with E-state index in [9.17, 15) is 8.42 Å². The van der Waals surface area contributed by atoms with Crippen LogP contribution in [0.25, 0.3) is 0 Å². The first-order valence-corrected chi connectivity index (χ1v) is 9.18. The Morgan fingerprint density at radius 3 is 2.86 bits per heavy atom. The lowest BCUT2D eigenvalue weighted by Crippen LogP contribution is -2.29. The molecule has 21 heavy (non-hydrogen) atoms. The highest BCUT2D eigenvalue weighted by Gasteiger charge is 2.27. The third-order valence-electron chi connectivity index (χ3n) is 3.46. The molecule has 116 valence electrons. The summed E-state index contributed by atoms with van der Waals surface area (Å²) in [6.45, 7) is 5.39. The molecule has 0 aromatic carbocycles. The fourth-order valence-electron chi connectivity index (χ4n) is 2.01. The summed E-state index contributed by atoms with van der Waals surface area (Å²) in [7, 11) is -1.87. The number of hydrogen-bond donors (Lipinski definition) is 2. The number of aromatic amines is 1. The Balaban J connectivity index is 2.19. The molecule has 7 heteroatoms. The maximum atomic E-state index is 12.6. The van der Waals surface area contributed by atoms with Gasteiger partial charge in [-0.15, -0.1) is 11.3 Å². The van der Waals surface area contributed by atoms with Gasteiger partial charge in [0, 0.05) is 30.4 Å². The zero-order chi connectivity index (χ0) is 15.5. The number of rotatable bonds is 7. The fraction of sp³-hybridized carbons (Fsp3) is 0.429. The standard InChI is InChI=1S/C14H21N3O2S2/c1-4-15-9-12-8-13(10-16-12)21(18,19)17(3)11(2)14-6-5-7-20-14/h5-8,10-11,15-16H,4,9H2,1-3H3. The second-order valence-electron chi connectivity index (χ2n) is 4.85. The van der Waals surface area contributed by atoms with Gasteiger partial charge in [0.2, 0.25) is 10.0 Å². The summed E-state index contributed by atoms with van der Waals surface area (Å²) in [4.78, 5) is 4.35. The molecule has 2 N–H and O–H groups in total. The molecule has 1 atom stereocenters. The molecule has 1 unspecified atom stereocenters. The van der Waals surface area contributed by atoms with Gasteiger partial charge in [0.15, 0.2) is 0 Å². The van der Waals surface area contributed by atoms with Crippen LogP contribution >= 0.6 is 11.3 Å². The molecule has 2 aromatic rings. The number of nitrogens with zero attached hydrogens (tertiary/aromatic N) is 1. The van der Waals surface area contributed by atoms with Crippen molar-refractivity contribution in [2.75, 3.05) is 13.6 Å². The zero-order valence-electron chi connectivity index (χ0n) is 12.5. The number of thiophene rings is 1. The largest absolute Gasteiger partial charge is 0.363 e. The predicted octanol–water partition coefficient (Wildman–Crippen LogP) is 2.57. The van der Waals surface area contributed by atoms with E-state index in [0.29, 0.717) is 11.4 Å². The highest BCUT2D eigenvalue weighted by atomic mass is 32.2. The molecule has 0 radical (unpaired) electrons. The smallest absolute Gasteiger partial charge is 0.244 e. The van der Waals surface area contributed by atoms with Crippen LogP contribution in [0.15, 0.2) is 34.7 Å². The van der Waals surface area contributed by atoms with Crippen molar-refractivity contribution >= 4 is 21.4 Å². The van der Waals surface area contributed by atoms with Crippen molar-refractivity contribution in [2.24, 2.45) is 0 Å². The molecule has 2 aromatic heterocycles. The fourth-order valence-corrected chi connectivity index (χ4v) is 4.27. The minimum absolute atomic E-state index is 0.179. The molecule has 0 spiro atoms. The summed E-state index contributed by atoms with van der Waals surface area (Å²) in [5, 5.41) is 5.12. The predicted molar refractivity (Wildman–Crippen MR) is 85.9 cm³/mol. The van der Waals surface area contributed by atoms with Crippen molar-refractivity contribution in [3.8, 4) is 0 Å². The van der Waals surface area contributed by atoms with Gasteiger partial charge >= 0.3 is 0 Å². The van der Waals surface area contributed by atoms with Crippen molar-refractivity contribution in [3.63, 3.8) is 0 Å². The van der Waals surface area contributed by atoms with E-state index in [4.69, 9.17) is 0 Å². The lowest BCUT2D eigenvalue weighted by atomic mass is 10.3. The van der Waals surface area contributed by atoms with Gasteiger partial charge in [-0.2, -0.15) is 4.31 Å². The van der Waals surface area contributed by atoms with E-state index in [1.807, 2.05) is 31.4 Å². The first kappa shape index (κ1) is 16.2. The molecule has 0 saturated carbocycles. The van der Waals surface area contributed by atoms with Crippen LogP contribution in [0.5, 0.6) is 0 Å². The van der Waals surface area contributed by atoms with Gasteiger partial charge < -0.3 is 10.3 Å². The highest BCUT2D eigenvalue weighted by molar-refractivity contribution is 7.89. The molecular weight excluding hydrogens is 306 g/mol. The van der Waals surface area contributed by atoms with Crippen LogP contribution < -0.4 is 5.32 Å². The summed E-state index contributed by atoms with van der Waals surface area (Å²) in [5.74, 6) is 0. The maximum Gasteiger partial charge on any atom is 0.244 e. The van der Waals surface area contributed by atoms with E-state index in [0.717, 1.165) is 17.1 Å². The van der Waals surface area contributed by atoms with Crippen molar-refractivity contribution in [1.82, 2.24) is 14.6 Å². The second kappa shape index (κ2) is 6.74. The highest BCUT2D eigenvalue weighted by Crippen LogP contribution is 2.28. The Bertz CT molecular complexity index is 662. The first-order valence-electron chi connectivity index (χ1n) is 6.86. The van der Waals surface area contributed by atoms with Gasteiger partial charge in [-0.3, -0.25) is 0 Å². The van der Waals surface area contributed by atoms with Gasteiger partial charge in [-0.05, 0) is 31.0 Å². The van der Waals surface area contributed by atoms with Crippen molar-refractivity contribution < 1.29 is 8.42 Å². The Kier molecular flexibility index (Phi) is 5.21. The quantitative estimate of drug-likeness (QED) is 0.821. The molecule has 0 amide bonds. The molecule has 2 heterocycles. The number of hydrogen-bond acceptors (Lipinski definition) is 4. The van der Waals surface area contributed by atoms with Crippen LogP contribution in [-0.4, -0.2) is 31.3 Å². The average Bonchev–Trinajstić information content (AvgIpc) is 3.14. The van der Waals surface area contributed by atoms with Crippen LogP contribution in [0.4, 0.5) is 0 Å². The van der Waals surface area contributed by atoms with Crippen LogP contribution in [-0.2, 0) is 16.6 Å². The van der Waals surface area contributed by atoms with Crippen LogP contribution in [0.2, 0.25) is 0 Å². The molecule has 2 rings (SSSR count). The van der Waals surface area contributed by atoms with Gasteiger partial charge in [0.25, 0.3) is 0 Å².